The molecular weight excluding hydrogens is 510 g/mol. The van der Waals surface area contributed by atoms with Gasteiger partial charge in [-0.1, -0.05) is 37.6 Å². The number of nitro benzene ring substituents is 1. The Morgan fingerprint density at radius 1 is 1.11 bits per heavy atom. The molecule has 0 saturated carbocycles. The summed E-state index contributed by atoms with van der Waals surface area (Å²) in [5, 5.41) is 13.3. The maximum atomic E-state index is 13.0. The molecule has 0 spiro atoms. The van der Waals surface area contributed by atoms with Gasteiger partial charge in [0, 0.05) is 25.2 Å². The van der Waals surface area contributed by atoms with Crippen LogP contribution in [-0.2, 0) is 24.3 Å². The number of hydrogen-bond acceptors (Lipinski definition) is 7. The Bertz CT molecular complexity index is 1240. The van der Waals surface area contributed by atoms with E-state index in [1.54, 1.807) is 24.3 Å². The molecule has 1 saturated heterocycles. The summed E-state index contributed by atoms with van der Waals surface area (Å²) in [5.74, 6) is -1.49. The van der Waals surface area contributed by atoms with Gasteiger partial charge in [0.1, 0.15) is 0 Å². The number of amides is 1. The van der Waals surface area contributed by atoms with Crippen molar-refractivity contribution in [1.29, 1.82) is 0 Å². The number of halogens is 1. The summed E-state index contributed by atoms with van der Waals surface area (Å²) in [4.78, 5) is 35.5. The second-order valence-electron chi connectivity index (χ2n) is 8.89. The van der Waals surface area contributed by atoms with Gasteiger partial charge in [0.15, 0.2) is 6.10 Å². The Morgan fingerprint density at radius 2 is 1.72 bits per heavy atom. The van der Waals surface area contributed by atoms with Crippen LogP contribution in [0.2, 0.25) is 5.02 Å². The number of nitrogens with zero attached hydrogens (tertiary/aromatic N) is 2. The van der Waals surface area contributed by atoms with Crippen LogP contribution in [0.4, 0.5) is 11.4 Å². The molecule has 2 aromatic carbocycles. The summed E-state index contributed by atoms with van der Waals surface area (Å²) >= 11 is 5.99. The molecule has 0 aliphatic carbocycles. The molecule has 0 unspecified atom stereocenters. The molecule has 1 fully saturated rings. The number of benzene rings is 2. The fourth-order valence-corrected chi connectivity index (χ4v) is 5.47. The molecule has 1 amide bonds. The molecule has 10 nitrogen and oxygen atoms in total. The molecule has 1 N–H and O–H groups in total. The zero-order valence-electron chi connectivity index (χ0n) is 20.1. The number of carbonyl (C=O) groups excluding carboxylic acids is 2. The molecule has 1 aliphatic rings. The first kappa shape index (κ1) is 27.6. The van der Waals surface area contributed by atoms with Gasteiger partial charge in [-0.3, -0.25) is 19.7 Å². The van der Waals surface area contributed by atoms with E-state index in [2.05, 4.69) is 5.32 Å². The summed E-state index contributed by atoms with van der Waals surface area (Å²) in [5.41, 5.74) is 0.970. The number of non-ortho nitro benzene ring substituents is 1. The highest BCUT2D eigenvalue weighted by molar-refractivity contribution is 7.89. The lowest BCUT2D eigenvalue weighted by molar-refractivity contribution is -0.384. The molecule has 3 rings (SSSR count). The Labute approximate surface area is 214 Å². The van der Waals surface area contributed by atoms with Gasteiger partial charge in [-0.2, -0.15) is 4.31 Å². The third kappa shape index (κ3) is 6.40. The highest BCUT2D eigenvalue weighted by Gasteiger charge is 2.34. The van der Waals surface area contributed by atoms with E-state index in [0.29, 0.717) is 5.92 Å². The van der Waals surface area contributed by atoms with E-state index in [0.717, 1.165) is 11.6 Å². The number of hydrogen-bond donors (Lipinski definition) is 1. The Kier molecular flexibility index (Phi) is 8.70. The summed E-state index contributed by atoms with van der Waals surface area (Å²) in [6, 6.07) is 10.4. The largest absolute Gasteiger partial charge is 0.452 e. The number of esters is 1. The number of nitro groups is 1. The standard InChI is InChI=1S/C24H28ClN3O7S/c1-15(2)17-4-7-20(8-5-17)36(33,34)27-12-10-18(11-13-27)24(30)35-16(3)23(29)26-22-9-6-19(28(31)32)14-21(22)25/h4-9,14-16,18H,10-13H2,1-3H3,(H,26,29)/t16-/m0/s1. The van der Waals surface area contributed by atoms with E-state index < -0.39 is 38.8 Å². The maximum absolute atomic E-state index is 13.0. The van der Waals surface area contributed by atoms with Crippen molar-refractivity contribution in [2.75, 3.05) is 18.4 Å². The van der Waals surface area contributed by atoms with Crippen molar-refractivity contribution < 1.29 is 27.7 Å². The number of sulfonamides is 1. The second-order valence-corrected chi connectivity index (χ2v) is 11.2. The molecule has 194 valence electrons. The van der Waals surface area contributed by atoms with Crippen LogP contribution in [0, 0.1) is 16.0 Å². The van der Waals surface area contributed by atoms with E-state index in [1.165, 1.54) is 23.4 Å². The van der Waals surface area contributed by atoms with Crippen molar-refractivity contribution in [3.05, 3.63) is 63.2 Å². The Morgan fingerprint density at radius 3 is 2.25 bits per heavy atom. The van der Waals surface area contributed by atoms with Gasteiger partial charge in [-0.25, -0.2) is 8.42 Å². The van der Waals surface area contributed by atoms with Gasteiger partial charge in [0.05, 0.1) is 26.4 Å². The molecule has 1 heterocycles. The SMILES string of the molecule is CC(C)c1ccc(S(=O)(=O)N2CCC(C(=O)O[C@@H](C)C(=O)Nc3ccc([N+](=O)[O-])cc3Cl)CC2)cc1. The summed E-state index contributed by atoms with van der Waals surface area (Å²) in [6.07, 6.45) is -0.611. The number of ether oxygens (including phenoxy) is 1. The summed E-state index contributed by atoms with van der Waals surface area (Å²) < 4.78 is 32.6. The topological polar surface area (TPSA) is 136 Å². The smallest absolute Gasteiger partial charge is 0.309 e. The van der Waals surface area contributed by atoms with Crippen LogP contribution in [0.5, 0.6) is 0 Å². The van der Waals surface area contributed by atoms with Crippen molar-refractivity contribution in [3.63, 3.8) is 0 Å². The van der Waals surface area contributed by atoms with Gasteiger partial charge >= 0.3 is 5.97 Å². The molecule has 36 heavy (non-hydrogen) atoms. The number of carbonyl (C=O) groups is 2. The van der Waals surface area contributed by atoms with Gasteiger partial charge in [0.2, 0.25) is 10.0 Å². The first-order valence-electron chi connectivity index (χ1n) is 11.5. The first-order chi connectivity index (χ1) is 16.9. The van der Waals surface area contributed by atoms with Gasteiger partial charge in [-0.15, -0.1) is 0 Å². The molecule has 0 aromatic heterocycles. The predicted molar refractivity (Wildman–Crippen MR) is 134 cm³/mol. The van der Waals surface area contributed by atoms with Crippen molar-refractivity contribution in [2.24, 2.45) is 5.92 Å². The van der Waals surface area contributed by atoms with Crippen LogP contribution in [0.3, 0.4) is 0 Å². The first-order valence-corrected chi connectivity index (χ1v) is 13.3. The van der Waals surface area contributed by atoms with E-state index in [-0.39, 0.29) is 47.2 Å². The minimum Gasteiger partial charge on any atom is -0.452 e. The molecule has 0 radical (unpaired) electrons. The minimum atomic E-state index is -3.67. The molecule has 1 atom stereocenters. The van der Waals surface area contributed by atoms with E-state index in [4.69, 9.17) is 16.3 Å². The summed E-state index contributed by atoms with van der Waals surface area (Å²) in [6.45, 7) is 5.78. The van der Waals surface area contributed by atoms with Crippen LogP contribution in [0.1, 0.15) is 45.1 Å². The van der Waals surface area contributed by atoms with Crippen LogP contribution >= 0.6 is 11.6 Å². The van der Waals surface area contributed by atoms with Crippen LogP contribution in [-0.4, -0.2) is 48.7 Å². The third-order valence-corrected chi connectivity index (χ3v) is 8.28. The normalized spacial score (nSPS) is 15.9. The number of nitrogens with one attached hydrogen (secondary N) is 1. The maximum Gasteiger partial charge on any atom is 0.309 e. The monoisotopic (exact) mass is 537 g/mol. The van der Waals surface area contributed by atoms with Gasteiger partial charge in [-0.05, 0) is 49.4 Å². The number of anilines is 1. The lowest BCUT2D eigenvalue weighted by Gasteiger charge is -2.30. The zero-order chi connectivity index (χ0) is 26.6. The van der Waals surface area contributed by atoms with E-state index in [9.17, 15) is 28.1 Å². The number of rotatable bonds is 8. The van der Waals surface area contributed by atoms with Gasteiger partial charge < -0.3 is 10.1 Å². The van der Waals surface area contributed by atoms with E-state index in [1.807, 2.05) is 13.8 Å². The van der Waals surface area contributed by atoms with Crippen molar-refractivity contribution in [3.8, 4) is 0 Å². The molecule has 2 aromatic rings. The molecule has 0 bridgehead atoms. The highest BCUT2D eigenvalue weighted by atomic mass is 35.5. The van der Waals surface area contributed by atoms with Gasteiger partial charge in [0.25, 0.3) is 11.6 Å². The molecule has 1 aliphatic heterocycles. The van der Waals surface area contributed by atoms with Crippen molar-refractivity contribution >= 4 is 44.9 Å². The quantitative estimate of drug-likeness (QED) is 0.300. The second kappa shape index (κ2) is 11.4. The lowest BCUT2D eigenvalue weighted by Crippen LogP contribution is -2.41. The fourth-order valence-electron chi connectivity index (χ4n) is 3.78. The van der Waals surface area contributed by atoms with Crippen LogP contribution < -0.4 is 5.32 Å². The number of piperidine rings is 1. The average Bonchev–Trinajstić information content (AvgIpc) is 2.85. The Balaban J connectivity index is 1.54. The fraction of sp³-hybridized carbons (Fsp3) is 0.417. The minimum absolute atomic E-state index is 0.0245. The highest BCUT2D eigenvalue weighted by Crippen LogP contribution is 2.28. The van der Waals surface area contributed by atoms with Crippen molar-refractivity contribution in [2.45, 2.75) is 50.5 Å². The van der Waals surface area contributed by atoms with Crippen LogP contribution in [0.15, 0.2) is 47.4 Å². The predicted octanol–water partition coefficient (Wildman–Crippen LogP) is 4.34. The summed E-state index contributed by atoms with van der Waals surface area (Å²) in [7, 11) is -3.67. The Hall–Kier alpha value is -3.02. The lowest BCUT2D eigenvalue weighted by atomic mass is 9.98. The zero-order valence-corrected chi connectivity index (χ0v) is 21.7. The van der Waals surface area contributed by atoms with Crippen LogP contribution in [0.25, 0.3) is 0 Å². The molecular formula is C24H28ClN3O7S. The molecule has 12 heteroatoms. The van der Waals surface area contributed by atoms with Crippen molar-refractivity contribution in [1.82, 2.24) is 4.31 Å². The average molecular weight is 538 g/mol. The van der Waals surface area contributed by atoms with E-state index >= 15 is 0 Å². The third-order valence-electron chi connectivity index (χ3n) is 6.06.